The minimum Gasteiger partial charge on any atom is -0.434 e. The molecule has 2 aromatic rings. The van der Waals surface area contributed by atoms with Crippen molar-refractivity contribution in [2.75, 3.05) is 5.73 Å². The van der Waals surface area contributed by atoms with E-state index in [-0.39, 0.29) is 11.6 Å². The number of aromatic nitrogens is 1. The Morgan fingerprint density at radius 1 is 1.29 bits per heavy atom. The second kappa shape index (κ2) is 4.48. The lowest BCUT2D eigenvalue weighted by Gasteiger charge is -2.05. The van der Waals surface area contributed by atoms with Crippen molar-refractivity contribution < 1.29 is 9.66 Å². The largest absolute Gasteiger partial charge is 0.434 e. The molecule has 0 amide bonds. The molecule has 17 heavy (non-hydrogen) atoms. The summed E-state index contributed by atoms with van der Waals surface area (Å²) in [6, 6.07) is 9.41. The monoisotopic (exact) mass is 231 g/mol. The number of pyridine rings is 1. The van der Waals surface area contributed by atoms with Gasteiger partial charge in [0.1, 0.15) is 5.75 Å². The highest BCUT2D eigenvalue weighted by molar-refractivity contribution is 5.47. The standard InChI is InChI=1S/C11H9N3O3/c12-8-3-1-4-9(7-8)17-11-10(14(15)16)5-2-6-13-11/h1-7H,12H2. The fourth-order valence-electron chi connectivity index (χ4n) is 1.29. The van der Waals surface area contributed by atoms with Gasteiger partial charge in [-0.1, -0.05) is 6.07 Å². The number of nitrogens with zero attached hydrogens (tertiary/aromatic N) is 2. The average Bonchev–Trinajstić information content (AvgIpc) is 2.29. The van der Waals surface area contributed by atoms with Crippen LogP contribution in [0.25, 0.3) is 0 Å². The maximum atomic E-state index is 10.7. The Morgan fingerprint density at radius 3 is 2.82 bits per heavy atom. The number of hydrogen-bond acceptors (Lipinski definition) is 5. The van der Waals surface area contributed by atoms with Gasteiger partial charge in [0.2, 0.25) is 0 Å². The molecule has 0 aliphatic carbocycles. The topological polar surface area (TPSA) is 91.3 Å². The summed E-state index contributed by atoms with van der Waals surface area (Å²) in [7, 11) is 0. The van der Waals surface area contributed by atoms with Gasteiger partial charge < -0.3 is 10.5 Å². The van der Waals surface area contributed by atoms with E-state index in [2.05, 4.69) is 4.98 Å². The van der Waals surface area contributed by atoms with Gasteiger partial charge in [-0.25, -0.2) is 4.98 Å². The third kappa shape index (κ3) is 2.49. The summed E-state index contributed by atoms with van der Waals surface area (Å²) < 4.78 is 5.32. The number of benzene rings is 1. The summed E-state index contributed by atoms with van der Waals surface area (Å²) in [5.41, 5.74) is 5.91. The number of nitrogens with two attached hydrogens (primary N) is 1. The molecule has 0 saturated carbocycles. The highest BCUT2D eigenvalue weighted by Crippen LogP contribution is 2.28. The minimum absolute atomic E-state index is 0.0527. The van der Waals surface area contributed by atoms with Crippen molar-refractivity contribution in [3.8, 4) is 11.6 Å². The van der Waals surface area contributed by atoms with Crippen LogP contribution in [0.4, 0.5) is 11.4 Å². The number of nitrogen functional groups attached to an aromatic ring is 1. The Bertz CT molecular complexity index is 557. The van der Waals surface area contributed by atoms with Gasteiger partial charge in [0.15, 0.2) is 0 Å². The number of ether oxygens (including phenoxy) is 1. The van der Waals surface area contributed by atoms with Gasteiger partial charge in [-0.3, -0.25) is 10.1 Å². The Hall–Kier alpha value is -2.63. The lowest BCUT2D eigenvalue weighted by molar-refractivity contribution is -0.386. The summed E-state index contributed by atoms with van der Waals surface area (Å²) in [5, 5.41) is 10.7. The van der Waals surface area contributed by atoms with Gasteiger partial charge in [-0.15, -0.1) is 0 Å². The number of rotatable bonds is 3. The maximum absolute atomic E-state index is 10.7. The van der Waals surface area contributed by atoms with Crippen molar-refractivity contribution in [3.63, 3.8) is 0 Å². The molecule has 6 heteroatoms. The van der Waals surface area contributed by atoms with E-state index < -0.39 is 4.92 Å². The number of hydrogen-bond donors (Lipinski definition) is 1. The first-order valence-electron chi connectivity index (χ1n) is 4.79. The van der Waals surface area contributed by atoms with Crippen LogP contribution in [-0.4, -0.2) is 9.91 Å². The van der Waals surface area contributed by atoms with Crippen molar-refractivity contribution in [1.82, 2.24) is 4.98 Å². The Balaban J connectivity index is 2.33. The molecule has 1 aromatic heterocycles. The van der Waals surface area contributed by atoms with E-state index in [0.717, 1.165) is 0 Å². The van der Waals surface area contributed by atoms with Crippen LogP contribution >= 0.6 is 0 Å². The van der Waals surface area contributed by atoms with E-state index in [4.69, 9.17) is 10.5 Å². The molecule has 0 atom stereocenters. The molecule has 0 bridgehead atoms. The van der Waals surface area contributed by atoms with Gasteiger partial charge in [0, 0.05) is 24.0 Å². The minimum atomic E-state index is -0.547. The van der Waals surface area contributed by atoms with Crippen molar-refractivity contribution in [1.29, 1.82) is 0 Å². The van der Waals surface area contributed by atoms with Crippen LogP contribution in [0.2, 0.25) is 0 Å². The van der Waals surface area contributed by atoms with Gasteiger partial charge in [-0.2, -0.15) is 0 Å². The summed E-state index contributed by atoms with van der Waals surface area (Å²) >= 11 is 0. The second-order valence-corrected chi connectivity index (χ2v) is 3.26. The SMILES string of the molecule is Nc1cccc(Oc2ncccc2[N+](=O)[O-])c1. The molecule has 2 N–H and O–H groups in total. The zero-order valence-corrected chi connectivity index (χ0v) is 8.74. The molecule has 0 fully saturated rings. The van der Waals surface area contributed by atoms with Crippen LogP contribution in [0.5, 0.6) is 11.6 Å². The summed E-state index contributed by atoms with van der Waals surface area (Å²) in [6.45, 7) is 0. The molecule has 0 radical (unpaired) electrons. The summed E-state index contributed by atoms with van der Waals surface area (Å²) in [5.74, 6) is 0.356. The predicted molar refractivity (Wildman–Crippen MR) is 61.8 cm³/mol. The Labute approximate surface area is 96.8 Å². The highest BCUT2D eigenvalue weighted by atomic mass is 16.6. The van der Waals surface area contributed by atoms with Crippen LogP contribution in [-0.2, 0) is 0 Å². The van der Waals surface area contributed by atoms with Crippen LogP contribution in [0, 0.1) is 10.1 Å². The van der Waals surface area contributed by atoms with Crippen molar-refractivity contribution in [3.05, 3.63) is 52.7 Å². The third-order valence-electron chi connectivity index (χ3n) is 2.02. The lowest BCUT2D eigenvalue weighted by atomic mass is 10.3. The van der Waals surface area contributed by atoms with Crippen molar-refractivity contribution in [2.45, 2.75) is 0 Å². The molecule has 2 rings (SSSR count). The van der Waals surface area contributed by atoms with E-state index in [1.54, 1.807) is 24.3 Å². The lowest BCUT2D eigenvalue weighted by Crippen LogP contribution is -1.95. The van der Waals surface area contributed by atoms with Crippen LogP contribution in [0.1, 0.15) is 0 Å². The quantitative estimate of drug-likeness (QED) is 0.497. The van der Waals surface area contributed by atoms with E-state index >= 15 is 0 Å². The van der Waals surface area contributed by atoms with E-state index in [1.807, 2.05) is 0 Å². The van der Waals surface area contributed by atoms with Gasteiger partial charge >= 0.3 is 5.69 Å². The molecule has 0 saturated heterocycles. The van der Waals surface area contributed by atoms with Gasteiger partial charge in [0.25, 0.3) is 5.88 Å². The summed E-state index contributed by atoms with van der Waals surface area (Å²) in [4.78, 5) is 14.0. The van der Waals surface area contributed by atoms with E-state index in [0.29, 0.717) is 11.4 Å². The number of anilines is 1. The normalized spacial score (nSPS) is 9.88. The summed E-state index contributed by atoms with van der Waals surface area (Å²) in [6.07, 6.45) is 1.43. The van der Waals surface area contributed by atoms with Crippen LogP contribution in [0.3, 0.4) is 0 Å². The second-order valence-electron chi connectivity index (χ2n) is 3.26. The van der Waals surface area contributed by atoms with Crippen LogP contribution < -0.4 is 10.5 Å². The molecule has 86 valence electrons. The van der Waals surface area contributed by atoms with Gasteiger partial charge in [-0.05, 0) is 18.2 Å². The molecule has 0 spiro atoms. The van der Waals surface area contributed by atoms with Crippen LogP contribution in [0.15, 0.2) is 42.6 Å². The smallest absolute Gasteiger partial charge is 0.331 e. The molecule has 1 heterocycles. The molecule has 0 aliphatic rings. The number of nitro groups is 1. The third-order valence-corrected chi connectivity index (χ3v) is 2.02. The first-order chi connectivity index (χ1) is 8.16. The molecule has 0 unspecified atom stereocenters. The predicted octanol–water partition coefficient (Wildman–Crippen LogP) is 2.36. The highest BCUT2D eigenvalue weighted by Gasteiger charge is 2.16. The average molecular weight is 231 g/mol. The Morgan fingerprint density at radius 2 is 2.12 bits per heavy atom. The molecular formula is C11H9N3O3. The zero-order valence-electron chi connectivity index (χ0n) is 8.74. The zero-order chi connectivity index (χ0) is 12.3. The first kappa shape index (κ1) is 10.9. The van der Waals surface area contributed by atoms with E-state index in [9.17, 15) is 10.1 Å². The fourth-order valence-corrected chi connectivity index (χ4v) is 1.29. The molecule has 1 aromatic carbocycles. The molecule has 6 nitrogen and oxygen atoms in total. The van der Waals surface area contributed by atoms with Crippen molar-refractivity contribution >= 4 is 11.4 Å². The van der Waals surface area contributed by atoms with Gasteiger partial charge in [0.05, 0.1) is 4.92 Å². The first-order valence-corrected chi connectivity index (χ1v) is 4.79. The van der Waals surface area contributed by atoms with Crippen molar-refractivity contribution in [2.24, 2.45) is 0 Å². The Kier molecular flexibility index (Phi) is 2.87. The molecular weight excluding hydrogens is 222 g/mol. The maximum Gasteiger partial charge on any atom is 0.331 e. The van der Waals surface area contributed by atoms with E-state index in [1.165, 1.54) is 18.3 Å². The molecule has 0 aliphatic heterocycles. The fraction of sp³-hybridized carbons (Fsp3) is 0.